The number of aromatic nitrogens is 3. The first-order chi connectivity index (χ1) is 12.0. The van der Waals surface area contributed by atoms with Gasteiger partial charge >= 0.3 is 0 Å². The van der Waals surface area contributed by atoms with Gasteiger partial charge in [0.25, 0.3) is 5.56 Å². The third-order valence-corrected chi connectivity index (χ3v) is 5.27. The number of pyridine rings is 1. The van der Waals surface area contributed by atoms with Crippen LogP contribution in [0.15, 0.2) is 35.4 Å². The lowest BCUT2D eigenvalue weighted by Gasteiger charge is -2.20. The van der Waals surface area contributed by atoms with E-state index in [0.29, 0.717) is 23.5 Å². The van der Waals surface area contributed by atoms with Gasteiger partial charge in [-0.25, -0.2) is 9.97 Å². The molecule has 2 aromatic heterocycles. The minimum atomic E-state index is -0.000525. The van der Waals surface area contributed by atoms with Crippen molar-refractivity contribution in [3.63, 3.8) is 0 Å². The molecule has 1 aliphatic carbocycles. The van der Waals surface area contributed by atoms with Crippen LogP contribution in [0.4, 0.5) is 0 Å². The predicted octanol–water partition coefficient (Wildman–Crippen LogP) is 3.58. The molecular formula is C21H23N3O. The zero-order valence-electron chi connectivity index (χ0n) is 15.0. The monoisotopic (exact) mass is 333 g/mol. The van der Waals surface area contributed by atoms with E-state index in [-0.39, 0.29) is 5.56 Å². The van der Waals surface area contributed by atoms with E-state index in [4.69, 9.17) is 0 Å². The molecule has 25 heavy (non-hydrogen) atoms. The Bertz CT molecular complexity index is 1020. The molecule has 0 unspecified atom stereocenters. The number of aryl methyl sites for hydroxylation is 3. The summed E-state index contributed by atoms with van der Waals surface area (Å²) < 4.78 is 1.70. The van der Waals surface area contributed by atoms with Crippen molar-refractivity contribution in [2.75, 3.05) is 0 Å². The summed E-state index contributed by atoms with van der Waals surface area (Å²) in [5.41, 5.74) is 6.46. The molecule has 2 heterocycles. The van der Waals surface area contributed by atoms with Gasteiger partial charge in [-0.2, -0.15) is 0 Å². The molecule has 4 rings (SSSR count). The van der Waals surface area contributed by atoms with Crippen LogP contribution in [0.2, 0.25) is 0 Å². The van der Waals surface area contributed by atoms with Crippen molar-refractivity contribution in [2.24, 2.45) is 5.92 Å². The molecule has 1 aromatic carbocycles. The van der Waals surface area contributed by atoms with Crippen LogP contribution in [0.3, 0.4) is 0 Å². The maximum atomic E-state index is 13.0. The number of benzene rings is 1. The molecule has 0 saturated carbocycles. The van der Waals surface area contributed by atoms with Crippen LogP contribution < -0.4 is 5.56 Å². The summed E-state index contributed by atoms with van der Waals surface area (Å²) >= 11 is 0. The number of hydrogen-bond acceptors (Lipinski definition) is 3. The summed E-state index contributed by atoms with van der Waals surface area (Å²) in [6.45, 7) is 6.95. The lowest BCUT2D eigenvalue weighted by Crippen LogP contribution is -2.23. The maximum Gasteiger partial charge on any atom is 0.263 e. The summed E-state index contributed by atoms with van der Waals surface area (Å²) in [5, 5.41) is 0.639. The number of nitrogens with zero attached hydrogens (tertiary/aromatic N) is 3. The molecule has 0 spiro atoms. The quantitative estimate of drug-likeness (QED) is 0.720. The molecule has 0 aliphatic heterocycles. The Morgan fingerprint density at radius 2 is 2.08 bits per heavy atom. The Kier molecular flexibility index (Phi) is 3.91. The average Bonchev–Trinajstić information content (AvgIpc) is 2.59. The first kappa shape index (κ1) is 16.0. The number of hydrogen-bond donors (Lipinski definition) is 0. The summed E-state index contributed by atoms with van der Waals surface area (Å²) in [4.78, 5) is 22.1. The van der Waals surface area contributed by atoms with Crippen molar-refractivity contribution in [2.45, 2.75) is 46.6 Å². The molecule has 0 radical (unpaired) electrons. The van der Waals surface area contributed by atoms with Crippen molar-refractivity contribution in [1.29, 1.82) is 0 Å². The van der Waals surface area contributed by atoms with Gasteiger partial charge in [-0.15, -0.1) is 0 Å². The molecule has 3 aromatic rings. The van der Waals surface area contributed by atoms with Gasteiger partial charge in [0.05, 0.1) is 11.9 Å². The van der Waals surface area contributed by atoms with E-state index in [1.54, 1.807) is 10.9 Å². The topological polar surface area (TPSA) is 47.8 Å². The van der Waals surface area contributed by atoms with Crippen molar-refractivity contribution < 1.29 is 0 Å². The van der Waals surface area contributed by atoms with Crippen LogP contribution in [0.25, 0.3) is 11.0 Å². The summed E-state index contributed by atoms with van der Waals surface area (Å²) in [5.74, 6) is 0.653. The lowest BCUT2D eigenvalue weighted by molar-refractivity contribution is 0.495. The summed E-state index contributed by atoms with van der Waals surface area (Å²) in [7, 11) is 0. The molecule has 0 fully saturated rings. The minimum absolute atomic E-state index is 0.000525. The van der Waals surface area contributed by atoms with Crippen LogP contribution in [-0.2, 0) is 19.4 Å². The minimum Gasteiger partial charge on any atom is -0.294 e. The van der Waals surface area contributed by atoms with E-state index in [2.05, 4.69) is 48.9 Å². The van der Waals surface area contributed by atoms with E-state index in [9.17, 15) is 4.79 Å². The number of fused-ring (bicyclic) bond motifs is 2. The third-order valence-electron chi connectivity index (χ3n) is 5.27. The number of rotatable bonds is 2. The predicted molar refractivity (Wildman–Crippen MR) is 100 cm³/mol. The first-order valence-corrected chi connectivity index (χ1v) is 8.95. The van der Waals surface area contributed by atoms with Crippen molar-refractivity contribution in [3.8, 4) is 0 Å². The smallest absolute Gasteiger partial charge is 0.263 e. The molecule has 128 valence electrons. The highest BCUT2D eigenvalue weighted by molar-refractivity contribution is 5.74. The van der Waals surface area contributed by atoms with Crippen LogP contribution >= 0.6 is 0 Å². The first-order valence-electron chi connectivity index (χ1n) is 8.95. The molecule has 1 aliphatic rings. The highest BCUT2D eigenvalue weighted by Crippen LogP contribution is 2.25. The molecule has 4 heteroatoms. The maximum absolute atomic E-state index is 13.0. The standard InChI is InChI=1S/C21H23N3O/c1-13-4-6-15(3)17(9-13)11-24-12-22-20-18(21(24)25)10-16-8-14(2)5-7-19(16)23-20/h4,6,9-10,12,14H,5,7-8,11H2,1-3H3/t14-/m1/s1. The molecule has 0 bridgehead atoms. The average molecular weight is 333 g/mol. The van der Waals surface area contributed by atoms with Gasteiger partial charge in [0, 0.05) is 5.69 Å². The Morgan fingerprint density at radius 3 is 2.92 bits per heavy atom. The lowest BCUT2D eigenvalue weighted by atomic mass is 9.87. The van der Waals surface area contributed by atoms with E-state index < -0.39 is 0 Å². The van der Waals surface area contributed by atoms with E-state index in [1.807, 2.05) is 6.07 Å². The molecule has 1 atom stereocenters. The molecular weight excluding hydrogens is 310 g/mol. The van der Waals surface area contributed by atoms with Gasteiger partial charge in [-0.1, -0.05) is 30.7 Å². The van der Waals surface area contributed by atoms with Crippen molar-refractivity contribution in [3.05, 3.63) is 68.9 Å². The largest absolute Gasteiger partial charge is 0.294 e. The van der Waals surface area contributed by atoms with Crippen molar-refractivity contribution >= 4 is 11.0 Å². The Labute approximate surface area is 147 Å². The Morgan fingerprint density at radius 1 is 1.24 bits per heavy atom. The zero-order valence-corrected chi connectivity index (χ0v) is 15.0. The molecule has 4 nitrogen and oxygen atoms in total. The molecule has 0 amide bonds. The van der Waals surface area contributed by atoms with E-state index >= 15 is 0 Å². The normalized spacial score (nSPS) is 16.8. The van der Waals surface area contributed by atoms with Crippen LogP contribution in [0.1, 0.15) is 41.3 Å². The van der Waals surface area contributed by atoms with Crippen LogP contribution in [-0.4, -0.2) is 14.5 Å². The van der Waals surface area contributed by atoms with Gasteiger partial charge in [-0.05, 0) is 61.8 Å². The van der Waals surface area contributed by atoms with E-state index in [0.717, 1.165) is 30.5 Å². The third kappa shape index (κ3) is 2.97. The molecule has 0 saturated heterocycles. The van der Waals surface area contributed by atoms with E-state index in [1.165, 1.54) is 16.7 Å². The SMILES string of the molecule is Cc1ccc(C)c(Cn2cnc3nc4c(cc3c2=O)C[C@H](C)CC4)c1. The second-order valence-corrected chi connectivity index (χ2v) is 7.42. The van der Waals surface area contributed by atoms with Gasteiger partial charge in [0.15, 0.2) is 5.65 Å². The zero-order chi connectivity index (χ0) is 17.6. The van der Waals surface area contributed by atoms with Gasteiger partial charge in [-0.3, -0.25) is 9.36 Å². The van der Waals surface area contributed by atoms with Gasteiger partial charge in [0.1, 0.15) is 6.33 Å². The summed E-state index contributed by atoms with van der Waals surface area (Å²) in [6.07, 6.45) is 4.79. The fraction of sp³-hybridized carbons (Fsp3) is 0.381. The molecule has 0 N–H and O–H groups in total. The van der Waals surface area contributed by atoms with Crippen LogP contribution in [0.5, 0.6) is 0 Å². The van der Waals surface area contributed by atoms with Crippen LogP contribution in [0, 0.1) is 19.8 Å². The fourth-order valence-electron chi connectivity index (χ4n) is 3.69. The van der Waals surface area contributed by atoms with Gasteiger partial charge < -0.3 is 0 Å². The Balaban J connectivity index is 1.79. The van der Waals surface area contributed by atoms with Crippen molar-refractivity contribution in [1.82, 2.24) is 14.5 Å². The summed E-state index contributed by atoms with van der Waals surface area (Å²) in [6, 6.07) is 8.36. The van der Waals surface area contributed by atoms with Gasteiger partial charge in [0.2, 0.25) is 0 Å². The Hall–Kier alpha value is -2.49. The highest BCUT2D eigenvalue weighted by Gasteiger charge is 2.18. The second kappa shape index (κ2) is 6.10. The second-order valence-electron chi connectivity index (χ2n) is 7.42. The fourth-order valence-corrected chi connectivity index (χ4v) is 3.69. The highest BCUT2D eigenvalue weighted by atomic mass is 16.1.